The molecule has 0 amide bonds. The Labute approximate surface area is 97.6 Å². The van der Waals surface area contributed by atoms with Gasteiger partial charge in [-0.2, -0.15) is 0 Å². The summed E-state index contributed by atoms with van der Waals surface area (Å²) < 4.78 is 10.0. The van der Waals surface area contributed by atoms with E-state index in [1.54, 1.807) is 0 Å². The lowest BCUT2D eigenvalue weighted by atomic mass is 9.99. The first kappa shape index (κ1) is 14.7. The van der Waals surface area contributed by atoms with Crippen LogP contribution in [0.1, 0.15) is 0 Å². The molecule has 0 aromatic heterocycles. The van der Waals surface area contributed by atoms with Crippen molar-refractivity contribution in [2.24, 2.45) is 0 Å². The molecule has 1 aliphatic heterocycles. The third kappa shape index (κ3) is 3.33. The largest absolute Gasteiger partial charge is 0.394 e. The number of hydrogen-bond donors (Lipinski definition) is 6. The minimum Gasteiger partial charge on any atom is -0.394 e. The Bertz CT molecular complexity index is 217. The highest BCUT2D eigenvalue weighted by Crippen LogP contribution is 2.22. The molecule has 1 heterocycles. The first-order valence-electron chi connectivity index (χ1n) is 5.22. The van der Waals surface area contributed by atoms with Crippen LogP contribution in [0.5, 0.6) is 0 Å². The second kappa shape index (κ2) is 6.57. The smallest absolute Gasteiger partial charge is 0.187 e. The van der Waals surface area contributed by atoms with Crippen LogP contribution >= 0.6 is 0 Å². The molecule has 0 aromatic rings. The van der Waals surface area contributed by atoms with Crippen LogP contribution in [0.15, 0.2) is 0 Å². The van der Waals surface area contributed by atoms with E-state index in [0.29, 0.717) is 0 Å². The van der Waals surface area contributed by atoms with Gasteiger partial charge in [0, 0.05) is 0 Å². The second-order valence-electron chi connectivity index (χ2n) is 3.82. The average Bonchev–Trinajstić information content (AvgIpc) is 2.35. The van der Waals surface area contributed by atoms with Crippen molar-refractivity contribution in [3.63, 3.8) is 0 Å². The van der Waals surface area contributed by atoms with E-state index in [9.17, 15) is 15.3 Å². The van der Waals surface area contributed by atoms with Gasteiger partial charge in [-0.15, -0.1) is 0 Å². The molecular weight excluding hydrogens is 236 g/mol. The predicted octanol–water partition coefficient (Wildman–Crippen LogP) is -3.84. The Morgan fingerprint density at radius 1 is 0.941 bits per heavy atom. The average molecular weight is 254 g/mol. The van der Waals surface area contributed by atoms with E-state index < -0.39 is 56.6 Å². The SMILES string of the molecule is OCC(CO)OC1OC(CO)[C@@H](O)C(O)C1O. The van der Waals surface area contributed by atoms with Gasteiger partial charge in [0.15, 0.2) is 6.29 Å². The fourth-order valence-corrected chi connectivity index (χ4v) is 1.51. The highest BCUT2D eigenvalue weighted by molar-refractivity contribution is 4.89. The molecule has 5 atom stereocenters. The maximum atomic E-state index is 9.56. The molecule has 0 spiro atoms. The van der Waals surface area contributed by atoms with Crippen LogP contribution < -0.4 is 0 Å². The van der Waals surface area contributed by atoms with Crippen molar-refractivity contribution in [3.05, 3.63) is 0 Å². The van der Waals surface area contributed by atoms with Crippen LogP contribution in [0.2, 0.25) is 0 Å². The van der Waals surface area contributed by atoms with Gasteiger partial charge in [-0.3, -0.25) is 0 Å². The summed E-state index contributed by atoms with van der Waals surface area (Å²) in [4.78, 5) is 0. The van der Waals surface area contributed by atoms with Gasteiger partial charge in [0.2, 0.25) is 0 Å². The maximum absolute atomic E-state index is 9.56. The molecule has 102 valence electrons. The lowest BCUT2D eigenvalue weighted by Gasteiger charge is -2.40. The van der Waals surface area contributed by atoms with Gasteiger partial charge in [0.25, 0.3) is 0 Å². The Hall–Kier alpha value is -0.320. The number of aliphatic hydroxyl groups is 6. The molecule has 1 fully saturated rings. The van der Waals surface area contributed by atoms with E-state index in [1.165, 1.54) is 0 Å². The Morgan fingerprint density at radius 2 is 1.53 bits per heavy atom. The molecule has 0 radical (unpaired) electrons. The molecule has 0 aliphatic carbocycles. The molecule has 0 aromatic carbocycles. The lowest BCUT2D eigenvalue weighted by Crippen LogP contribution is -2.60. The second-order valence-corrected chi connectivity index (χ2v) is 3.82. The van der Waals surface area contributed by atoms with Gasteiger partial charge in [-0.05, 0) is 0 Å². The summed E-state index contributed by atoms with van der Waals surface area (Å²) in [5.74, 6) is 0. The molecule has 17 heavy (non-hydrogen) atoms. The van der Waals surface area contributed by atoms with Crippen molar-refractivity contribution >= 4 is 0 Å². The molecule has 0 bridgehead atoms. The van der Waals surface area contributed by atoms with E-state index >= 15 is 0 Å². The molecular formula is C9H18O8. The third-order valence-electron chi connectivity index (χ3n) is 2.58. The third-order valence-corrected chi connectivity index (χ3v) is 2.58. The summed E-state index contributed by atoms with van der Waals surface area (Å²) in [5, 5.41) is 55.0. The van der Waals surface area contributed by atoms with Gasteiger partial charge < -0.3 is 40.1 Å². The normalized spacial score (nSPS) is 38.6. The highest BCUT2D eigenvalue weighted by Gasteiger charge is 2.44. The fraction of sp³-hybridized carbons (Fsp3) is 1.00. The lowest BCUT2D eigenvalue weighted by molar-refractivity contribution is -0.315. The number of ether oxygens (including phenoxy) is 2. The summed E-state index contributed by atoms with van der Waals surface area (Å²) >= 11 is 0. The van der Waals surface area contributed by atoms with E-state index in [0.717, 1.165) is 0 Å². The van der Waals surface area contributed by atoms with Crippen LogP contribution in [0.25, 0.3) is 0 Å². The molecule has 1 aliphatic rings. The van der Waals surface area contributed by atoms with Crippen LogP contribution in [0.3, 0.4) is 0 Å². The van der Waals surface area contributed by atoms with Gasteiger partial charge in [-0.25, -0.2) is 0 Å². The van der Waals surface area contributed by atoms with Crippen LogP contribution in [0.4, 0.5) is 0 Å². The zero-order chi connectivity index (χ0) is 13.0. The summed E-state index contributed by atoms with van der Waals surface area (Å²) in [6.07, 6.45) is -7.92. The quantitative estimate of drug-likeness (QED) is 0.293. The van der Waals surface area contributed by atoms with E-state index in [4.69, 9.17) is 24.8 Å². The molecule has 8 heteroatoms. The van der Waals surface area contributed by atoms with Crippen molar-refractivity contribution in [1.29, 1.82) is 0 Å². The summed E-state index contributed by atoms with van der Waals surface area (Å²) in [7, 11) is 0. The summed E-state index contributed by atoms with van der Waals surface area (Å²) in [6, 6.07) is 0. The monoisotopic (exact) mass is 254 g/mol. The summed E-state index contributed by atoms with van der Waals surface area (Å²) in [5.41, 5.74) is 0. The van der Waals surface area contributed by atoms with Crippen LogP contribution in [0, 0.1) is 0 Å². The summed E-state index contributed by atoms with van der Waals surface area (Å²) in [6.45, 7) is -1.55. The Morgan fingerprint density at radius 3 is 2.00 bits per heavy atom. The fourth-order valence-electron chi connectivity index (χ4n) is 1.51. The first-order chi connectivity index (χ1) is 8.04. The minimum atomic E-state index is -1.54. The number of aliphatic hydroxyl groups excluding tert-OH is 6. The van der Waals surface area contributed by atoms with Gasteiger partial charge >= 0.3 is 0 Å². The zero-order valence-corrected chi connectivity index (χ0v) is 9.09. The van der Waals surface area contributed by atoms with Crippen molar-refractivity contribution in [2.45, 2.75) is 36.8 Å². The molecule has 8 nitrogen and oxygen atoms in total. The predicted molar refractivity (Wildman–Crippen MR) is 52.8 cm³/mol. The first-order valence-corrected chi connectivity index (χ1v) is 5.22. The van der Waals surface area contributed by atoms with Crippen LogP contribution in [-0.2, 0) is 9.47 Å². The molecule has 6 N–H and O–H groups in total. The standard InChI is InChI=1S/C9H18O8/c10-1-4(2-11)16-9-8(15)7(14)6(13)5(3-12)17-9/h4-15H,1-3H2/t5?,6-,7?,8?,9?/m1/s1. The Kier molecular flexibility index (Phi) is 5.70. The van der Waals surface area contributed by atoms with Gasteiger partial charge in [0.05, 0.1) is 19.8 Å². The van der Waals surface area contributed by atoms with E-state index in [2.05, 4.69) is 0 Å². The van der Waals surface area contributed by atoms with Gasteiger partial charge in [0.1, 0.15) is 30.5 Å². The number of rotatable bonds is 5. The van der Waals surface area contributed by atoms with Crippen molar-refractivity contribution in [3.8, 4) is 0 Å². The topological polar surface area (TPSA) is 140 Å². The van der Waals surface area contributed by atoms with E-state index in [-0.39, 0.29) is 0 Å². The van der Waals surface area contributed by atoms with Crippen molar-refractivity contribution in [1.82, 2.24) is 0 Å². The zero-order valence-electron chi connectivity index (χ0n) is 9.09. The Balaban J connectivity index is 2.65. The molecule has 1 rings (SSSR count). The molecule has 4 unspecified atom stereocenters. The van der Waals surface area contributed by atoms with Crippen molar-refractivity contribution < 1.29 is 40.1 Å². The van der Waals surface area contributed by atoms with Crippen LogP contribution in [-0.4, -0.2) is 87.3 Å². The molecule has 1 saturated heterocycles. The van der Waals surface area contributed by atoms with Gasteiger partial charge in [-0.1, -0.05) is 0 Å². The molecule has 0 saturated carbocycles. The number of hydrogen-bond acceptors (Lipinski definition) is 8. The minimum absolute atomic E-state index is 0.495. The highest BCUT2D eigenvalue weighted by atomic mass is 16.7. The van der Waals surface area contributed by atoms with E-state index in [1.807, 2.05) is 0 Å². The maximum Gasteiger partial charge on any atom is 0.187 e. The van der Waals surface area contributed by atoms with Crippen molar-refractivity contribution in [2.75, 3.05) is 19.8 Å².